The number of para-hydroxylation sites is 1. The van der Waals surface area contributed by atoms with Gasteiger partial charge in [-0.3, -0.25) is 9.80 Å². The largest absolute Gasteiger partial charge is 0.369 e. The maximum atomic E-state index is 14.1. The molecule has 7 nitrogen and oxygen atoms in total. The number of carbonyl (C=O) groups excluding carboxylic acids is 1. The highest BCUT2D eigenvalue weighted by Gasteiger charge is 2.38. The van der Waals surface area contributed by atoms with E-state index in [2.05, 4.69) is 41.1 Å². The lowest BCUT2D eigenvalue weighted by Gasteiger charge is -2.42. The molecule has 2 aromatic carbocycles. The summed E-state index contributed by atoms with van der Waals surface area (Å²) >= 11 is 6.62. The molecule has 1 aliphatic carbocycles. The Morgan fingerprint density at radius 2 is 1.72 bits per heavy atom. The average molecular weight is 545 g/mol. The molecule has 0 bridgehead atoms. The third-order valence-corrected chi connectivity index (χ3v) is 8.76. The van der Waals surface area contributed by atoms with E-state index in [0.717, 1.165) is 80.3 Å². The summed E-state index contributed by atoms with van der Waals surface area (Å²) in [6.45, 7) is 6.72. The van der Waals surface area contributed by atoms with E-state index in [-0.39, 0.29) is 12.1 Å². The number of aromatic nitrogens is 2. The number of amides is 2. The number of aryl methyl sites for hydroxylation is 1. The Kier molecular flexibility index (Phi) is 7.45. The number of halogens is 1. The van der Waals surface area contributed by atoms with E-state index in [0.29, 0.717) is 18.0 Å². The van der Waals surface area contributed by atoms with Crippen LogP contribution in [-0.4, -0.2) is 60.2 Å². The maximum absolute atomic E-state index is 14.1. The number of piperazine rings is 1. The summed E-state index contributed by atoms with van der Waals surface area (Å²) in [5, 5.41) is 0.591. The van der Waals surface area contributed by atoms with Crippen LogP contribution in [0.5, 0.6) is 0 Å². The number of carbonyl (C=O) groups is 1. The topological polar surface area (TPSA) is 55.8 Å². The Labute approximate surface area is 236 Å². The highest BCUT2D eigenvalue weighted by molar-refractivity contribution is 6.34. The van der Waals surface area contributed by atoms with Crippen molar-refractivity contribution in [2.24, 2.45) is 0 Å². The Bertz CT molecular complexity index is 1310. The quantitative estimate of drug-likeness (QED) is 0.391. The molecule has 0 unspecified atom stereocenters. The van der Waals surface area contributed by atoms with Crippen LogP contribution in [0.25, 0.3) is 0 Å². The fourth-order valence-corrected chi connectivity index (χ4v) is 6.50. The molecule has 8 heteroatoms. The van der Waals surface area contributed by atoms with Crippen molar-refractivity contribution in [3.8, 4) is 0 Å². The molecule has 39 heavy (non-hydrogen) atoms. The molecular formula is C31H37ClN6O. The predicted molar refractivity (Wildman–Crippen MR) is 158 cm³/mol. The normalized spacial score (nSPS) is 18.9. The summed E-state index contributed by atoms with van der Waals surface area (Å²) in [5.41, 5.74) is 5.17. The predicted octanol–water partition coefficient (Wildman–Crippen LogP) is 6.06. The van der Waals surface area contributed by atoms with Crippen molar-refractivity contribution in [1.29, 1.82) is 0 Å². The number of benzene rings is 2. The van der Waals surface area contributed by atoms with Gasteiger partial charge < -0.3 is 9.80 Å². The molecule has 0 N–H and O–H groups in total. The van der Waals surface area contributed by atoms with Gasteiger partial charge in [-0.25, -0.2) is 14.8 Å². The summed E-state index contributed by atoms with van der Waals surface area (Å²) in [6, 6.07) is 14.7. The molecule has 0 spiro atoms. The van der Waals surface area contributed by atoms with Gasteiger partial charge >= 0.3 is 6.03 Å². The van der Waals surface area contributed by atoms with Gasteiger partial charge in [0.15, 0.2) is 0 Å². The summed E-state index contributed by atoms with van der Waals surface area (Å²) in [7, 11) is 2.18. The third-order valence-electron chi connectivity index (χ3n) is 8.45. The SMILES string of the molecule is Cc1cccc(Cl)c1N1Cc2cnc(Cc3ccc(N4CCN(C)CC4)cc3)nc2N(C2CCCCC2)C1=O. The Morgan fingerprint density at radius 3 is 2.44 bits per heavy atom. The van der Waals surface area contributed by atoms with Crippen molar-refractivity contribution in [2.75, 3.05) is 47.9 Å². The lowest BCUT2D eigenvalue weighted by Crippen LogP contribution is -2.53. The number of rotatable bonds is 5. The minimum absolute atomic E-state index is 0.0354. The van der Waals surface area contributed by atoms with E-state index in [4.69, 9.17) is 21.6 Å². The number of likely N-dealkylation sites (N-methyl/N-ethyl adjacent to an activating group) is 1. The van der Waals surface area contributed by atoms with E-state index >= 15 is 0 Å². The standard InChI is InChI=1S/C31H37ClN6O/c1-22-7-6-10-27(32)29(22)37-21-24-20-33-28(34-30(24)38(31(37)39)26-8-4-3-5-9-26)19-23-11-13-25(14-12-23)36-17-15-35(2)16-18-36/h6-7,10-14,20,26H,3-5,8-9,15-19,21H2,1-2H3. The van der Waals surface area contributed by atoms with Crippen LogP contribution in [0.4, 0.5) is 22.0 Å². The number of anilines is 3. The second-order valence-corrected chi connectivity index (χ2v) is 11.6. The molecule has 1 saturated carbocycles. The molecule has 0 radical (unpaired) electrons. The minimum atomic E-state index is -0.0354. The van der Waals surface area contributed by atoms with Crippen LogP contribution in [-0.2, 0) is 13.0 Å². The average Bonchev–Trinajstić information content (AvgIpc) is 2.95. The Hall–Kier alpha value is -3.16. The highest BCUT2D eigenvalue weighted by Crippen LogP contribution is 2.39. The van der Waals surface area contributed by atoms with Gasteiger partial charge in [0.2, 0.25) is 0 Å². The number of nitrogens with zero attached hydrogens (tertiary/aromatic N) is 6. The monoisotopic (exact) mass is 544 g/mol. The smallest absolute Gasteiger partial charge is 0.330 e. The zero-order chi connectivity index (χ0) is 26.9. The third kappa shape index (κ3) is 5.35. The van der Waals surface area contributed by atoms with Crippen LogP contribution in [0.15, 0.2) is 48.7 Å². The van der Waals surface area contributed by atoms with E-state index in [1.807, 2.05) is 41.1 Å². The molecule has 2 fully saturated rings. The minimum Gasteiger partial charge on any atom is -0.369 e. The van der Waals surface area contributed by atoms with E-state index < -0.39 is 0 Å². The fraction of sp³-hybridized carbons (Fsp3) is 0.452. The molecule has 1 saturated heterocycles. The molecule has 204 valence electrons. The van der Waals surface area contributed by atoms with Crippen molar-refractivity contribution in [3.05, 3.63) is 76.2 Å². The molecule has 3 heterocycles. The van der Waals surface area contributed by atoms with Gasteiger partial charge in [-0.05, 0) is 56.1 Å². The Balaban J connectivity index is 1.28. The summed E-state index contributed by atoms with van der Waals surface area (Å²) in [4.78, 5) is 32.5. The van der Waals surface area contributed by atoms with Crippen LogP contribution in [0.3, 0.4) is 0 Å². The van der Waals surface area contributed by atoms with Crippen LogP contribution in [0, 0.1) is 6.92 Å². The second kappa shape index (κ2) is 11.1. The van der Waals surface area contributed by atoms with Crippen LogP contribution >= 0.6 is 11.6 Å². The molecule has 0 atom stereocenters. The Morgan fingerprint density at radius 1 is 0.974 bits per heavy atom. The van der Waals surface area contributed by atoms with E-state index in [9.17, 15) is 4.79 Å². The second-order valence-electron chi connectivity index (χ2n) is 11.2. The molecule has 1 aromatic heterocycles. The van der Waals surface area contributed by atoms with Gasteiger partial charge in [0.25, 0.3) is 0 Å². The molecule has 2 amide bonds. The lowest BCUT2D eigenvalue weighted by atomic mass is 9.93. The van der Waals surface area contributed by atoms with Crippen molar-refractivity contribution >= 4 is 34.8 Å². The number of urea groups is 1. The van der Waals surface area contributed by atoms with Crippen LogP contribution in [0.2, 0.25) is 5.02 Å². The first-order valence-electron chi connectivity index (χ1n) is 14.2. The van der Waals surface area contributed by atoms with E-state index in [1.165, 1.54) is 17.7 Å². The van der Waals surface area contributed by atoms with Gasteiger partial charge in [-0.2, -0.15) is 0 Å². The molecule has 6 rings (SSSR count). The van der Waals surface area contributed by atoms with Crippen molar-refractivity contribution < 1.29 is 4.79 Å². The number of hydrogen-bond donors (Lipinski definition) is 0. The van der Waals surface area contributed by atoms with Crippen molar-refractivity contribution in [1.82, 2.24) is 14.9 Å². The maximum Gasteiger partial charge on any atom is 0.330 e. The summed E-state index contributed by atoms with van der Waals surface area (Å²) in [5.74, 6) is 1.52. The van der Waals surface area contributed by atoms with Crippen LogP contribution < -0.4 is 14.7 Å². The summed E-state index contributed by atoms with van der Waals surface area (Å²) in [6.07, 6.45) is 8.02. The van der Waals surface area contributed by atoms with Gasteiger partial charge in [0.1, 0.15) is 11.6 Å². The number of fused-ring (bicyclic) bond motifs is 1. The first-order valence-corrected chi connectivity index (χ1v) is 14.6. The number of hydrogen-bond acceptors (Lipinski definition) is 5. The molecule has 3 aromatic rings. The van der Waals surface area contributed by atoms with Gasteiger partial charge in [-0.15, -0.1) is 0 Å². The summed E-state index contributed by atoms with van der Waals surface area (Å²) < 4.78 is 0. The van der Waals surface area contributed by atoms with E-state index in [1.54, 1.807) is 0 Å². The molecule has 3 aliphatic rings. The van der Waals surface area contributed by atoms with Gasteiger partial charge in [0, 0.05) is 56.1 Å². The lowest BCUT2D eigenvalue weighted by molar-refractivity contribution is 0.244. The van der Waals surface area contributed by atoms with Crippen LogP contribution in [0.1, 0.15) is 54.6 Å². The van der Waals surface area contributed by atoms with Gasteiger partial charge in [0.05, 0.1) is 17.3 Å². The first-order chi connectivity index (χ1) is 19.0. The fourth-order valence-electron chi connectivity index (χ4n) is 6.18. The van der Waals surface area contributed by atoms with Gasteiger partial charge in [-0.1, -0.05) is 55.1 Å². The van der Waals surface area contributed by atoms with Crippen molar-refractivity contribution in [3.63, 3.8) is 0 Å². The zero-order valence-corrected chi connectivity index (χ0v) is 23.7. The highest BCUT2D eigenvalue weighted by atomic mass is 35.5. The van der Waals surface area contributed by atoms with Crippen molar-refractivity contribution in [2.45, 2.75) is 58.0 Å². The first kappa shape index (κ1) is 26.1. The zero-order valence-electron chi connectivity index (χ0n) is 22.9. The molecular weight excluding hydrogens is 508 g/mol. The molecule has 2 aliphatic heterocycles.